The summed E-state index contributed by atoms with van der Waals surface area (Å²) in [7, 11) is 0. The SMILES string of the molecule is C=CCN1C2CCC1CN(C(c1ccc(C(=O)NC3CCCC3)cc1)c1cccc(O)c1)C2. The lowest BCUT2D eigenvalue weighted by Gasteiger charge is -2.44. The average Bonchev–Trinajstić information content (AvgIpc) is 3.40. The number of phenols is 1. The van der Waals surface area contributed by atoms with Crippen LogP contribution >= 0.6 is 0 Å². The van der Waals surface area contributed by atoms with Crippen LogP contribution in [0.25, 0.3) is 0 Å². The monoisotopic (exact) mass is 445 g/mol. The minimum Gasteiger partial charge on any atom is -0.508 e. The number of nitrogens with one attached hydrogen (secondary N) is 1. The maximum absolute atomic E-state index is 12.7. The molecule has 2 heterocycles. The summed E-state index contributed by atoms with van der Waals surface area (Å²) in [6.45, 7) is 6.89. The maximum Gasteiger partial charge on any atom is 0.251 e. The van der Waals surface area contributed by atoms with Crippen LogP contribution in [0.5, 0.6) is 5.75 Å². The van der Waals surface area contributed by atoms with Crippen molar-refractivity contribution < 1.29 is 9.90 Å². The van der Waals surface area contributed by atoms with Crippen LogP contribution in [0, 0.1) is 0 Å². The lowest BCUT2D eigenvalue weighted by Crippen LogP contribution is -2.54. The molecular weight excluding hydrogens is 410 g/mol. The third-order valence-electron chi connectivity index (χ3n) is 7.73. The molecule has 1 aliphatic carbocycles. The number of fused-ring (bicyclic) bond motifs is 2. The third kappa shape index (κ3) is 4.71. The van der Waals surface area contributed by atoms with Crippen molar-refractivity contribution in [1.29, 1.82) is 0 Å². The van der Waals surface area contributed by atoms with Crippen molar-refractivity contribution >= 4 is 5.91 Å². The van der Waals surface area contributed by atoms with E-state index >= 15 is 0 Å². The largest absolute Gasteiger partial charge is 0.508 e. The van der Waals surface area contributed by atoms with Gasteiger partial charge in [-0.3, -0.25) is 14.6 Å². The molecule has 1 saturated carbocycles. The Kier molecular flexibility index (Phi) is 6.52. The molecule has 0 spiro atoms. The second-order valence-electron chi connectivity index (χ2n) is 9.90. The summed E-state index contributed by atoms with van der Waals surface area (Å²) in [6, 6.07) is 17.2. The molecule has 0 aromatic heterocycles. The Morgan fingerprint density at radius 3 is 2.36 bits per heavy atom. The summed E-state index contributed by atoms with van der Waals surface area (Å²) >= 11 is 0. The van der Waals surface area contributed by atoms with Gasteiger partial charge in [0, 0.05) is 43.3 Å². The molecule has 174 valence electrons. The van der Waals surface area contributed by atoms with Crippen LogP contribution in [0.2, 0.25) is 0 Å². The first kappa shape index (κ1) is 22.2. The number of benzene rings is 2. The van der Waals surface area contributed by atoms with Crippen molar-refractivity contribution in [2.24, 2.45) is 0 Å². The van der Waals surface area contributed by atoms with Crippen molar-refractivity contribution in [1.82, 2.24) is 15.1 Å². The molecular formula is C28H35N3O2. The topological polar surface area (TPSA) is 55.8 Å². The molecule has 1 amide bonds. The summed E-state index contributed by atoms with van der Waals surface area (Å²) in [4.78, 5) is 17.9. The first-order chi connectivity index (χ1) is 16.1. The lowest BCUT2D eigenvalue weighted by molar-refractivity contribution is 0.0582. The lowest BCUT2D eigenvalue weighted by atomic mass is 9.94. The number of aromatic hydroxyl groups is 1. The Balaban J connectivity index is 1.39. The van der Waals surface area contributed by atoms with Crippen molar-refractivity contribution in [2.45, 2.75) is 62.7 Å². The molecule has 5 heteroatoms. The van der Waals surface area contributed by atoms with Crippen molar-refractivity contribution in [2.75, 3.05) is 19.6 Å². The fourth-order valence-corrected chi connectivity index (χ4v) is 6.15. The highest BCUT2D eigenvalue weighted by Gasteiger charge is 2.41. The van der Waals surface area contributed by atoms with Gasteiger partial charge in [0.05, 0.1) is 6.04 Å². The van der Waals surface area contributed by atoms with Gasteiger partial charge in [-0.2, -0.15) is 0 Å². The van der Waals surface area contributed by atoms with Crippen molar-refractivity contribution in [3.8, 4) is 5.75 Å². The highest BCUT2D eigenvalue weighted by Crippen LogP contribution is 2.38. The highest BCUT2D eigenvalue weighted by molar-refractivity contribution is 5.94. The number of phenolic OH excluding ortho intramolecular Hbond substituents is 1. The number of carbonyl (C=O) groups excluding carboxylic acids is 1. The van der Waals surface area contributed by atoms with E-state index in [0.717, 1.165) is 49.2 Å². The first-order valence-electron chi connectivity index (χ1n) is 12.4. The van der Waals surface area contributed by atoms with Gasteiger partial charge in [0.15, 0.2) is 0 Å². The van der Waals surface area contributed by atoms with Gasteiger partial charge in [0.25, 0.3) is 5.91 Å². The van der Waals surface area contributed by atoms with Crippen LogP contribution in [-0.4, -0.2) is 58.6 Å². The van der Waals surface area contributed by atoms with E-state index in [1.807, 2.05) is 30.3 Å². The van der Waals surface area contributed by atoms with E-state index in [2.05, 4.69) is 39.9 Å². The maximum atomic E-state index is 12.7. The number of amides is 1. The van der Waals surface area contributed by atoms with Crippen LogP contribution in [0.3, 0.4) is 0 Å². The van der Waals surface area contributed by atoms with E-state index in [1.54, 1.807) is 6.07 Å². The van der Waals surface area contributed by atoms with Crippen LogP contribution in [0.1, 0.15) is 66.1 Å². The summed E-state index contributed by atoms with van der Waals surface area (Å²) in [5, 5.41) is 13.4. The number of hydrogen-bond acceptors (Lipinski definition) is 4. The smallest absolute Gasteiger partial charge is 0.251 e. The first-order valence-corrected chi connectivity index (χ1v) is 12.4. The molecule has 5 rings (SSSR count). The van der Waals surface area contributed by atoms with Gasteiger partial charge in [-0.15, -0.1) is 6.58 Å². The van der Waals surface area contributed by atoms with E-state index in [1.165, 1.54) is 25.7 Å². The molecule has 3 aliphatic rings. The fraction of sp³-hybridized carbons (Fsp3) is 0.464. The van der Waals surface area contributed by atoms with Gasteiger partial charge < -0.3 is 10.4 Å². The Morgan fingerprint density at radius 2 is 1.73 bits per heavy atom. The molecule has 33 heavy (non-hydrogen) atoms. The molecule has 3 fully saturated rings. The van der Waals surface area contributed by atoms with Gasteiger partial charge in [-0.05, 0) is 61.1 Å². The van der Waals surface area contributed by atoms with Gasteiger partial charge in [0.1, 0.15) is 5.75 Å². The van der Waals surface area contributed by atoms with E-state index in [9.17, 15) is 9.90 Å². The zero-order chi connectivity index (χ0) is 22.8. The van der Waals surface area contributed by atoms with E-state index in [0.29, 0.717) is 23.9 Å². The molecule has 2 bridgehead atoms. The van der Waals surface area contributed by atoms with Gasteiger partial charge in [-0.25, -0.2) is 0 Å². The van der Waals surface area contributed by atoms with Crippen molar-refractivity contribution in [3.05, 3.63) is 77.9 Å². The molecule has 2 aromatic carbocycles. The van der Waals surface area contributed by atoms with Gasteiger partial charge in [-0.1, -0.05) is 43.2 Å². The Morgan fingerprint density at radius 1 is 1.03 bits per heavy atom. The molecule has 5 nitrogen and oxygen atoms in total. The van der Waals surface area contributed by atoms with Gasteiger partial charge in [0.2, 0.25) is 0 Å². The zero-order valence-electron chi connectivity index (χ0n) is 19.3. The molecule has 2 aromatic rings. The summed E-state index contributed by atoms with van der Waals surface area (Å²) in [5.74, 6) is 0.316. The predicted molar refractivity (Wildman–Crippen MR) is 131 cm³/mol. The normalized spacial score (nSPS) is 24.6. The minimum atomic E-state index is 0.0263. The van der Waals surface area contributed by atoms with E-state index in [4.69, 9.17) is 0 Å². The Hall–Kier alpha value is -2.63. The molecule has 2 saturated heterocycles. The Bertz CT molecular complexity index is 969. The van der Waals surface area contributed by atoms with Crippen molar-refractivity contribution in [3.63, 3.8) is 0 Å². The number of carbonyl (C=O) groups is 1. The fourth-order valence-electron chi connectivity index (χ4n) is 6.15. The number of piperazine rings is 1. The van der Waals surface area contributed by atoms with Crippen LogP contribution in [0.15, 0.2) is 61.2 Å². The standard InChI is InChI=1S/C28H35N3O2/c1-2-16-31-24-14-15-25(31)19-30(18-24)27(22-6-5-9-26(32)17-22)20-10-12-21(13-11-20)28(33)29-23-7-3-4-8-23/h2,5-6,9-13,17,23-25,27,32H,1,3-4,7-8,14-16,18-19H2,(H,29,33). The van der Waals surface area contributed by atoms with Crippen LogP contribution in [-0.2, 0) is 0 Å². The second kappa shape index (κ2) is 9.70. The molecule has 3 atom stereocenters. The molecule has 2 N–H and O–H groups in total. The molecule has 2 aliphatic heterocycles. The number of likely N-dealkylation sites (tertiary alicyclic amines) is 1. The van der Waals surface area contributed by atoms with Crippen LogP contribution < -0.4 is 5.32 Å². The Labute approximate surface area is 197 Å². The quantitative estimate of drug-likeness (QED) is 0.617. The number of rotatable bonds is 7. The summed E-state index contributed by atoms with van der Waals surface area (Å²) in [5.41, 5.74) is 2.97. The average molecular weight is 446 g/mol. The predicted octanol–water partition coefficient (Wildman–Crippen LogP) is 4.49. The summed E-state index contributed by atoms with van der Waals surface area (Å²) < 4.78 is 0. The summed E-state index contributed by atoms with van der Waals surface area (Å²) in [6.07, 6.45) is 9.05. The molecule has 0 radical (unpaired) electrons. The minimum absolute atomic E-state index is 0.0263. The molecule has 3 unspecified atom stereocenters. The van der Waals surface area contributed by atoms with Gasteiger partial charge >= 0.3 is 0 Å². The number of nitrogens with zero attached hydrogens (tertiary/aromatic N) is 2. The second-order valence-corrected chi connectivity index (χ2v) is 9.90. The number of hydrogen-bond donors (Lipinski definition) is 2. The highest BCUT2D eigenvalue weighted by atomic mass is 16.3. The zero-order valence-corrected chi connectivity index (χ0v) is 19.3. The third-order valence-corrected chi connectivity index (χ3v) is 7.73. The van der Waals surface area contributed by atoms with Crippen LogP contribution in [0.4, 0.5) is 0 Å². The van der Waals surface area contributed by atoms with E-state index < -0.39 is 0 Å². The van der Waals surface area contributed by atoms with E-state index in [-0.39, 0.29) is 11.9 Å².